The fourth-order valence-electron chi connectivity index (χ4n) is 0.719. The molecule has 0 atom stereocenters. The highest BCUT2D eigenvalue weighted by atomic mass is 35.7. The van der Waals surface area contributed by atoms with Crippen LogP contribution >= 0.6 is 22.3 Å². The minimum absolute atomic E-state index is 0.0920. The molecule has 2 N–H and O–H groups in total. The van der Waals surface area contributed by atoms with Crippen molar-refractivity contribution in [3.8, 4) is 0 Å². The Morgan fingerprint density at radius 1 is 1.33 bits per heavy atom. The van der Waals surface area contributed by atoms with Gasteiger partial charge in [-0.3, -0.25) is 0 Å². The van der Waals surface area contributed by atoms with E-state index < -0.39 is 9.05 Å². The van der Waals surface area contributed by atoms with Crippen molar-refractivity contribution in [1.29, 1.82) is 0 Å². The van der Waals surface area contributed by atoms with E-state index in [0.717, 1.165) is 0 Å². The maximum absolute atomic E-state index is 10.8. The first kappa shape index (κ1) is 9.64. The summed E-state index contributed by atoms with van der Waals surface area (Å²) in [6.07, 6.45) is 0. The van der Waals surface area contributed by atoms with Crippen LogP contribution in [0.25, 0.3) is 0 Å². The summed E-state index contributed by atoms with van der Waals surface area (Å²) in [5.41, 5.74) is 5.45. The molecule has 0 radical (unpaired) electrons. The topological polar surface area (TPSA) is 60.2 Å². The molecular formula is C6H5Cl2NO2S. The Labute approximate surface area is 79.5 Å². The van der Waals surface area contributed by atoms with Crippen LogP contribution in [0.1, 0.15) is 0 Å². The molecule has 3 nitrogen and oxygen atoms in total. The minimum Gasteiger partial charge on any atom is -0.398 e. The molecule has 1 aromatic rings. The normalized spacial score (nSPS) is 11.5. The van der Waals surface area contributed by atoms with Gasteiger partial charge in [0.15, 0.2) is 0 Å². The molecule has 1 aromatic carbocycles. The number of rotatable bonds is 1. The number of nitrogens with two attached hydrogens (primary N) is 1. The van der Waals surface area contributed by atoms with Crippen molar-refractivity contribution in [2.75, 3.05) is 5.73 Å². The zero-order valence-corrected chi connectivity index (χ0v) is 8.12. The maximum Gasteiger partial charge on any atom is 0.263 e. The molecule has 0 fully saturated rings. The zero-order chi connectivity index (χ0) is 9.35. The van der Waals surface area contributed by atoms with E-state index in [1.165, 1.54) is 18.2 Å². The van der Waals surface area contributed by atoms with E-state index in [-0.39, 0.29) is 15.6 Å². The van der Waals surface area contributed by atoms with Crippen LogP contribution in [-0.2, 0) is 9.05 Å². The van der Waals surface area contributed by atoms with Gasteiger partial charge in [0, 0.05) is 15.7 Å². The lowest BCUT2D eigenvalue weighted by molar-refractivity contribution is 0.610. The highest BCUT2D eigenvalue weighted by Crippen LogP contribution is 2.25. The minimum atomic E-state index is -3.79. The van der Waals surface area contributed by atoms with E-state index in [1.807, 2.05) is 0 Å². The summed E-state index contributed by atoms with van der Waals surface area (Å²) in [5, 5.41) is 0.281. The molecule has 0 aliphatic heterocycles. The molecule has 0 bridgehead atoms. The van der Waals surface area contributed by atoms with E-state index in [2.05, 4.69) is 0 Å². The smallest absolute Gasteiger partial charge is 0.263 e. The molecule has 0 aromatic heterocycles. The van der Waals surface area contributed by atoms with Gasteiger partial charge in [-0.1, -0.05) is 11.6 Å². The van der Waals surface area contributed by atoms with Gasteiger partial charge in [0.25, 0.3) is 9.05 Å². The Bertz CT molecular complexity index is 402. The van der Waals surface area contributed by atoms with Gasteiger partial charge in [0.2, 0.25) is 0 Å². The Kier molecular flexibility index (Phi) is 2.51. The summed E-state index contributed by atoms with van der Waals surface area (Å²) in [5.74, 6) is 0. The lowest BCUT2D eigenvalue weighted by Gasteiger charge is -2.00. The first-order valence-electron chi connectivity index (χ1n) is 2.91. The Hall–Kier alpha value is -0.450. The highest BCUT2D eigenvalue weighted by molar-refractivity contribution is 8.13. The van der Waals surface area contributed by atoms with Gasteiger partial charge in [0.1, 0.15) is 4.90 Å². The summed E-state index contributed by atoms with van der Waals surface area (Å²) in [7, 11) is 1.28. The lowest BCUT2D eigenvalue weighted by Crippen LogP contribution is -1.97. The Morgan fingerprint density at radius 2 is 1.92 bits per heavy atom. The molecule has 6 heteroatoms. The van der Waals surface area contributed by atoms with Crippen molar-refractivity contribution < 1.29 is 8.42 Å². The number of benzene rings is 1. The molecule has 0 saturated heterocycles. The average molecular weight is 226 g/mol. The van der Waals surface area contributed by atoms with Crippen LogP contribution in [-0.4, -0.2) is 8.42 Å². The van der Waals surface area contributed by atoms with Crippen molar-refractivity contribution in [3.63, 3.8) is 0 Å². The van der Waals surface area contributed by atoms with Crippen LogP contribution in [0, 0.1) is 0 Å². The second kappa shape index (κ2) is 3.12. The van der Waals surface area contributed by atoms with Crippen LogP contribution in [0.4, 0.5) is 5.69 Å². The molecule has 0 amide bonds. The fraction of sp³-hybridized carbons (Fsp3) is 0. The van der Waals surface area contributed by atoms with Gasteiger partial charge in [-0.25, -0.2) is 8.42 Å². The van der Waals surface area contributed by atoms with Crippen LogP contribution in [0.5, 0.6) is 0 Å². The van der Waals surface area contributed by atoms with Crippen LogP contribution in [0.3, 0.4) is 0 Å². The van der Waals surface area contributed by atoms with Crippen molar-refractivity contribution >= 4 is 37.0 Å². The third-order valence-electron chi connectivity index (χ3n) is 1.24. The summed E-state index contributed by atoms with van der Waals surface area (Å²) >= 11 is 5.54. The van der Waals surface area contributed by atoms with Crippen LogP contribution < -0.4 is 5.73 Å². The molecule has 0 aliphatic rings. The van der Waals surface area contributed by atoms with Crippen molar-refractivity contribution in [3.05, 3.63) is 23.2 Å². The lowest BCUT2D eigenvalue weighted by atomic mass is 10.3. The molecule has 0 spiro atoms. The van der Waals surface area contributed by atoms with E-state index in [4.69, 9.17) is 28.0 Å². The van der Waals surface area contributed by atoms with Crippen molar-refractivity contribution in [2.24, 2.45) is 0 Å². The number of hydrogen-bond donors (Lipinski definition) is 1. The summed E-state index contributed by atoms with van der Waals surface area (Å²) in [4.78, 5) is -0.156. The van der Waals surface area contributed by atoms with E-state index in [1.54, 1.807) is 0 Å². The second-order valence-electron chi connectivity index (χ2n) is 2.12. The standard InChI is InChI=1S/C6H5Cl2NO2S/c7-4-1-2-5(9)6(3-4)12(8,10)11/h1-3H,9H2. The van der Waals surface area contributed by atoms with Crippen LogP contribution in [0.2, 0.25) is 5.02 Å². The van der Waals surface area contributed by atoms with Gasteiger partial charge in [0.05, 0.1) is 5.69 Å². The second-order valence-corrected chi connectivity index (χ2v) is 5.09. The SMILES string of the molecule is Nc1ccc(Cl)cc1S(=O)(=O)Cl. The number of anilines is 1. The zero-order valence-electron chi connectivity index (χ0n) is 5.79. The van der Waals surface area contributed by atoms with Gasteiger partial charge in [-0.15, -0.1) is 0 Å². The first-order valence-corrected chi connectivity index (χ1v) is 5.59. The number of nitrogen functional groups attached to an aromatic ring is 1. The molecule has 1 rings (SSSR count). The Morgan fingerprint density at radius 3 is 2.33 bits per heavy atom. The summed E-state index contributed by atoms with van der Waals surface area (Å²) < 4.78 is 21.7. The number of halogens is 2. The predicted molar refractivity (Wildman–Crippen MR) is 48.9 cm³/mol. The van der Waals surface area contributed by atoms with Crippen molar-refractivity contribution in [1.82, 2.24) is 0 Å². The van der Waals surface area contributed by atoms with Gasteiger partial charge in [-0.2, -0.15) is 0 Å². The third-order valence-corrected chi connectivity index (χ3v) is 2.85. The van der Waals surface area contributed by atoms with Gasteiger partial charge >= 0.3 is 0 Å². The summed E-state index contributed by atoms with van der Waals surface area (Å²) in [6, 6.07) is 4.08. The molecule has 0 aliphatic carbocycles. The molecule has 0 unspecified atom stereocenters. The predicted octanol–water partition coefficient (Wildman–Crippen LogP) is 1.85. The van der Waals surface area contributed by atoms with Gasteiger partial charge < -0.3 is 5.73 Å². The number of hydrogen-bond acceptors (Lipinski definition) is 3. The monoisotopic (exact) mass is 225 g/mol. The molecular weight excluding hydrogens is 221 g/mol. The fourth-order valence-corrected chi connectivity index (χ4v) is 1.97. The van der Waals surface area contributed by atoms with E-state index in [0.29, 0.717) is 0 Å². The largest absolute Gasteiger partial charge is 0.398 e. The molecule has 0 heterocycles. The van der Waals surface area contributed by atoms with Gasteiger partial charge in [-0.05, 0) is 18.2 Å². The molecule has 12 heavy (non-hydrogen) atoms. The molecule has 66 valence electrons. The first-order chi connectivity index (χ1) is 5.41. The van der Waals surface area contributed by atoms with Crippen molar-refractivity contribution in [2.45, 2.75) is 4.90 Å². The third kappa shape index (κ3) is 2.03. The Balaban J connectivity index is 3.43. The van der Waals surface area contributed by atoms with Crippen LogP contribution in [0.15, 0.2) is 23.1 Å². The maximum atomic E-state index is 10.8. The molecule has 0 saturated carbocycles. The quantitative estimate of drug-likeness (QED) is 0.587. The highest BCUT2D eigenvalue weighted by Gasteiger charge is 2.13. The summed E-state index contributed by atoms with van der Waals surface area (Å²) in [6.45, 7) is 0. The van der Waals surface area contributed by atoms with E-state index >= 15 is 0 Å². The van der Waals surface area contributed by atoms with E-state index in [9.17, 15) is 8.42 Å². The average Bonchev–Trinajstić information content (AvgIpc) is 1.92.